The number of carbonyl (C=O) groups excluding carboxylic acids is 2. The number of Topliss-reactive ketones (excluding diaryl/α,β-unsaturated/α-hetero) is 1. The number of ketones is 1. The van der Waals surface area contributed by atoms with E-state index >= 15 is 0 Å². The number of carbonyl (C=O) groups is 2. The van der Waals surface area contributed by atoms with Crippen LogP contribution in [0.3, 0.4) is 0 Å². The first-order chi connectivity index (χ1) is 11.3. The summed E-state index contributed by atoms with van der Waals surface area (Å²) in [6, 6.07) is 8.33. The second-order valence-corrected chi connectivity index (χ2v) is 8.28. The highest BCUT2D eigenvalue weighted by Gasteiger charge is 2.50. The highest BCUT2D eigenvalue weighted by molar-refractivity contribution is 5.93. The average Bonchev–Trinajstić information content (AvgIpc) is 2.51. The molecular formula is C21H28O3. The molecular weight excluding hydrogens is 300 g/mol. The number of rotatable bonds is 2. The zero-order valence-electron chi connectivity index (χ0n) is 15.1. The van der Waals surface area contributed by atoms with E-state index in [1.54, 1.807) is 0 Å². The lowest BCUT2D eigenvalue weighted by atomic mass is 9.56. The molecule has 24 heavy (non-hydrogen) atoms. The topological polar surface area (TPSA) is 43.4 Å². The minimum atomic E-state index is -0.479. The van der Waals surface area contributed by atoms with Crippen LogP contribution in [0.5, 0.6) is 0 Å². The highest BCUT2D eigenvalue weighted by Crippen LogP contribution is 2.50. The van der Waals surface area contributed by atoms with Gasteiger partial charge in [-0.15, -0.1) is 0 Å². The van der Waals surface area contributed by atoms with E-state index < -0.39 is 11.0 Å². The van der Waals surface area contributed by atoms with Gasteiger partial charge in [0, 0.05) is 12.8 Å². The minimum Gasteiger partial charge on any atom is -0.460 e. The molecule has 1 aromatic carbocycles. The fraction of sp³-hybridized carbons (Fsp3) is 0.619. The maximum Gasteiger partial charge on any atom is 0.306 e. The summed E-state index contributed by atoms with van der Waals surface area (Å²) >= 11 is 0. The van der Waals surface area contributed by atoms with E-state index in [9.17, 15) is 9.59 Å². The van der Waals surface area contributed by atoms with Gasteiger partial charge in [-0.05, 0) is 57.1 Å². The summed E-state index contributed by atoms with van der Waals surface area (Å²) in [6.45, 7) is 5.67. The Labute approximate surface area is 144 Å². The first-order valence-electron chi connectivity index (χ1n) is 9.16. The third-order valence-corrected chi connectivity index (χ3v) is 5.52. The summed E-state index contributed by atoms with van der Waals surface area (Å²) in [5.74, 6) is 0.217. The van der Waals surface area contributed by atoms with Crippen molar-refractivity contribution in [2.24, 2.45) is 5.92 Å². The Balaban J connectivity index is 1.94. The van der Waals surface area contributed by atoms with Gasteiger partial charge in [-0.1, -0.05) is 37.1 Å². The van der Waals surface area contributed by atoms with Gasteiger partial charge < -0.3 is 4.74 Å². The molecule has 1 aromatic rings. The van der Waals surface area contributed by atoms with E-state index in [-0.39, 0.29) is 11.9 Å². The third kappa shape index (κ3) is 3.13. The van der Waals surface area contributed by atoms with Crippen molar-refractivity contribution in [3.05, 3.63) is 35.4 Å². The summed E-state index contributed by atoms with van der Waals surface area (Å²) < 4.78 is 5.55. The van der Waals surface area contributed by atoms with Gasteiger partial charge in [-0.2, -0.15) is 0 Å². The lowest BCUT2D eigenvalue weighted by Gasteiger charge is -2.46. The largest absolute Gasteiger partial charge is 0.460 e. The van der Waals surface area contributed by atoms with E-state index in [0.29, 0.717) is 18.6 Å². The first-order valence-corrected chi connectivity index (χ1v) is 9.16. The van der Waals surface area contributed by atoms with E-state index in [1.165, 1.54) is 11.1 Å². The fourth-order valence-corrected chi connectivity index (χ4v) is 4.62. The maximum absolute atomic E-state index is 13.1. The molecule has 2 aliphatic rings. The van der Waals surface area contributed by atoms with Crippen LogP contribution in [0.4, 0.5) is 0 Å². The Hall–Kier alpha value is -1.64. The molecule has 0 radical (unpaired) electrons. The van der Waals surface area contributed by atoms with Crippen LogP contribution in [0.2, 0.25) is 0 Å². The Kier molecular flexibility index (Phi) is 4.54. The monoisotopic (exact) mass is 328 g/mol. The van der Waals surface area contributed by atoms with Gasteiger partial charge in [0.05, 0.1) is 5.41 Å². The van der Waals surface area contributed by atoms with Crippen LogP contribution in [0.1, 0.15) is 70.4 Å². The number of hydrogen-bond acceptors (Lipinski definition) is 3. The quantitative estimate of drug-likeness (QED) is 0.758. The summed E-state index contributed by atoms with van der Waals surface area (Å²) in [7, 11) is 0. The number of hydrogen-bond donors (Lipinski definition) is 0. The molecule has 1 fully saturated rings. The Morgan fingerprint density at radius 2 is 1.96 bits per heavy atom. The number of aryl methyl sites for hydroxylation is 1. The Morgan fingerprint density at radius 1 is 1.21 bits per heavy atom. The molecule has 0 N–H and O–H groups in total. The maximum atomic E-state index is 13.1. The molecule has 1 spiro atoms. The summed E-state index contributed by atoms with van der Waals surface area (Å²) in [6.07, 6.45) is 5.72. The van der Waals surface area contributed by atoms with E-state index in [2.05, 4.69) is 12.1 Å². The van der Waals surface area contributed by atoms with E-state index in [4.69, 9.17) is 4.74 Å². The number of benzene rings is 1. The van der Waals surface area contributed by atoms with Crippen LogP contribution in [0.25, 0.3) is 0 Å². The molecule has 0 aromatic heterocycles. The Morgan fingerprint density at radius 3 is 2.71 bits per heavy atom. The summed E-state index contributed by atoms with van der Waals surface area (Å²) in [5.41, 5.74) is 1.51. The number of ether oxygens (including phenoxy) is 1. The van der Waals surface area contributed by atoms with Gasteiger partial charge in [0.15, 0.2) is 0 Å². The Bertz CT molecular complexity index is 641. The van der Waals surface area contributed by atoms with Crippen LogP contribution < -0.4 is 0 Å². The molecule has 3 heteroatoms. The lowest BCUT2D eigenvalue weighted by molar-refractivity contribution is -0.157. The molecule has 3 nitrogen and oxygen atoms in total. The number of fused-ring (bicyclic) bond motifs is 2. The van der Waals surface area contributed by atoms with Crippen molar-refractivity contribution in [1.29, 1.82) is 0 Å². The van der Waals surface area contributed by atoms with Crippen LogP contribution in [-0.2, 0) is 26.2 Å². The molecule has 0 aliphatic heterocycles. The van der Waals surface area contributed by atoms with Gasteiger partial charge in [0.2, 0.25) is 0 Å². The van der Waals surface area contributed by atoms with Gasteiger partial charge in [-0.3, -0.25) is 9.59 Å². The first kappa shape index (κ1) is 17.2. The second kappa shape index (κ2) is 6.34. The minimum absolute atomic E-state index is 0.0649. The predicted molar refractivity (Wildman–Crippen MR) is 93.9 cm³/mol. The van der Waals surface area contributed by atoms with Crippen molar-refractivity contribution in [2.45, 2.75) is 76.7 Å². The molecule has 0 heterocycles. The molecule has 1 saturated carbocycles. The average molecular weight is 328 g/mol. The summed E-state index contributed by atoms with van der Waals surface area (Å²) in [5, 5.41) is 0. The molecule has 2 aliphatic carbocycles. The zero-order valence-corrected chi connectivity index (χ0v) is 15.1. The van der Waals surface area contributed by atoms with Crippen LogP contribution in [0, 0.1) is 5.92 Å². The fourth-order valence-electron chi connectivity index (χ4n) is 4.62. The van der Waals surface area contributed by atoms with Gasteiger partial charge >= 0.3 is 5.97 Å². The summed E-state index contributed by atoms with van der Waals surface area (Å²) in [4.78, 5) is 25.5. The van der Waals surface area contributed by atoms with E-state index in [1.807, 2.05) is 32.9 Å². The standard InChI is InChI=1S/C21H28O3/c1-20(2,3)24-19(23)14-16-9-6-7-13-21(16)17-10-5-4-8-15(17)11-12-18(21)22/h4-5,8,10,16H,6-7,9,11-14H2,1-3H3/t16-,21-/m0/s1. The highest BCUT2D eigenvalue weighted by atomic mass is 16.6. The van der Waals surface area contributed by atoms with Crippen LogP contribution in [0.15, 0.2) is 24.3 Å². The van der Waals surface area contributed by atoms with Crippen LogP contribution >= 0.6 is 0 Å². The van der Waals surface area contributed by atoms with E-state index in [0.717, 1.165) is 32.1 Å². The normalized spacial score (nSPS) is 27.0. The van der Waals surface area contributed by atoms with Crippen molar-refractivity contribution in [2.75, 3.05) is 0 Å². The zero-order chi connectivity index (χ0) is 17.4. The molecule has 0 saturated heterocycles. The third-order valence-electron chi connectivity index (χ3n) is 5.52. The van der Waals surface area contributed by atoms with Crippen molar-refractivity contribution >= 4 is 11.8 Å². The molecule has 130 valence electrons. The van der Waals surface area contributed by atoms with Gasteiger partial charge in [-0.25, -0.2) is 0 Å². The predicted octanol–water partition coefficient (Wildman–Crippen LogP) is 4.36. The SMILES string of the molecule is CC(C)(C)OC(=O)C[C@@H]1CCCC[C@]12C(=O)CCc1ccccc12. The van der Waals surface area contributed by atoms with Crippen molar-refractivity contribution < 1.29 is 14.3 Å². The van der Waals surface area contributed by atoms with Crippen LogP contribution in [-0.4, -0.2) is 17.4 Å². The van der Waals surface area contributed by atoms with Gasteiger partial charge in [0.25, 0.3) is 0 Å². The van der Waals surface area contributed by atoms with Crippen molar-refractivity contribution in [3.8, 4) is 0 Å². The number of esters is 1. The molecule has 3 rings (SSSR count). The lowest BCUT2D eigenvalue weighted by Crippen LogP contribution is -2.49. The van der Waals surface area contributed by atoms with Gasteiger partial charge in [0.1, 0.15) is 11.4 Å². The van der Waals surface area contributed by atoms with Crippen molar-refractivity contribution in [3.63, 3.8) is 0 Å². The van der Waals surface area contributed by atoms with Crippen molar-refractivity contribution in [1.82, 2.24) is 0 Å². The smallest absolute Gasteiger partial charge is 0.306 e. The second-order valence-electron chi connectivity index (χ2n) is 8.28. The molecule has 0 amide bonds. The molecule has 0 unspecified atom stereocenters. The molecule has 0 bridgehead atoms. The molecule has 2 atom stereocenters.